The van der Waals surface area contributed by atoms with Gasteiger partial charge in [-0.3, -0.25) is 4.99 Å². The van der Waals surface area contributed by atoms with Gasteiger partial charge in [0.1, 0.15) is 5.75 Å². The lowest BCUT2D eigenvalue weighted by atomic mass is 9.69. The first-order chi connectivity index (χ1) is 10.7. The molecule has 1 aliphatic carbocycles. The average Bonchev–Trinajstić information content (AvgIpc) is 2.59. The van der Waals surface area contributed by atoms with Crippen LogP contribution in [0.1, 0.15) is 51.0 Å². The van der Waals surface area contributed by atoms with Crippen LogP contribution in [-0.4, -0.2) is 26.2 Å². The van der Waals surface area contributed by atoms with Gasteiger partial charge in [0.05, 0.1) is 13.7 Å². The molecule has 0 aliphatic heterocycles. The van der Waals surface area contributed by atoms with Crippen molar-refractivity contribution < 1.29 is 4.74 Å². The Morgan fingerprint density at radius 2 is 1.91 bits per heavy atom. The largest absolute Gasteiger partial charge is 0.497 e. The molecule has 3 N–H and O–H groups in total. The lowest BCUT2D eigenvalue weighted by Gasteiger charge is -2.36. The van der Waals surface area contributed by atoms with Crippen molar-refractivity contribution >= 4 is 5.96 Å². The van der Waals surface area contributed by atoms with Crippen molar-refractivity contribution in [2.75, 3.05) is 20.2 Å². The van der Waals surface area contributed by atoms with Crippen LogP contribution in [0.4, 0.5) is 0 Å². The summed E-state index contributed by atoms with van der Waals surface area (Å²) in [7, 11) is 1.70. The third kappa shape index (κ3) is 4.15. The van der Waals surface area contributed by atoms with Crippen molar-refractivity contribution in [2.45, 2.75) is 50.9 Å². The standard InChI is InChI=1S/C18H29N3O/c1-3-13-20-17(19)21-14-18(11-5-4-6-12-18)15-7-9-16(22-2)10-8-15/h7-10H,3-6,11-14H2,1-2H3,(H3,19,20,21). The first-order valence-electron chi connectivity index (χ1n) is 8.38. The summed E-state index contributed by atoms with van der Waals surface area (Å²) >= 11 is 0. The maximum Gasteiger partial charge on any atom is 0.188 e. The summed E-state index contributed by atoms with van der Waals surface area (Å²) in [4.78, 5) is 4.63. The predicted molar refractivity (Wildman–Crippen MR) is 92.5 cm³/mol. The minimum Gasteiger partial charge on any atom is -0.497 e. The number of ether oxygens (including phenoxy) is 1. The summed E-state index contributed by atoms with van der Waals surface area (Å²) in [6, 6.07) is 8.48. The number of aliphatic imine (C=N–C) groups is 1. The molecule has 0 atom stereocenters. The number of nitrogens with two attached hydrogens (primary N) is 1. The van der Waals surface area contributed by atoms with Crippen molar-refractivity contribution in [1.29, 1.82) is 0 Å². The second-order valence-corrected chi connectivity index (χ2v) is 6.20. The van der Waals surface area contributed by atoms with E-state index in [-0.39, 0.29) is 5.41 Å². The second-order valence-electron chi connectivity index (χ2n) is 6.20. The van der Waals surface area contributed by atoms with Crippen LogP contribution < -0.4 is 15.8 Å². The normalized spacial score (nSPS) is 18.0. The number of hydrogen-bond acceptors (Lipinski definition) is 2. The van der Waals surface area contributed by atoms with Crippen LogP contribution in [0.15, 0.2) is 29.3 Å². The lowest BCUT2D eigenvalue weighted by Crippen LogP contribution is -2.37. The van der Waals surface area contributed by atoms with Gasteiger partial charge in [0.25, 0.3) is 0 Å². The minimum absolute atomic E-state index is 0.128. The molecular formula is C18H29N3O. The van der Waals surface area contributed by atoms with Gasteiger partial charge in [-0.15, -0.1) is 0 Å². The molecule has 0 saturated heterocycles. The Kier molecular flexibility index (Phi) is 6.10. The Morgan fingerprint density at radius 1 is 1.23 bits per heavy atom. The van der Waals surface area contributed by atoms with E-state index in [1.54, 1.807) is 7.11 Å². The average molecular weight is 303 g/mol. The molecular weight excluding hydrogens is 274 g/mol. The maximum atomic E-state index is 5.98. The predicted octanol–water partition coefficient (Wildman–Crippen LogP) is 3.21. The van der Waals surface area contributed by atoms with Gasteiger partial charge >= 0.3 is 0 Å². The van der Waals surface area contributed by atoms with Gasteiger partial charge in [-0.25, -0.2) is 0 Å². The Hall–Kier alpha value is -1.71. The van der Waals surface area contributed by atoms with E-state index in [9.17, 15) is 0 Å². The molecule has 2 rings (SSSR count). The van der Waals surface area contributed by atoms with E-state index in [1.807, 2.05) is 12.1 Å². The van der Waals surface area contributed by atoms with Crippen molar-refractivity contribution in [3.05, 3.63) is 29.8 Å². The van der Waals surface area contributed by atoms with E-state index in [4.69, 9.17) is 10.5 Å². The monoisotopic (exact) mass is 303 g/mol. The molecule has 122 valence electrons. The van der Waals surface area contributed by atoms with Crippen LogP contribution >= 0.6 is 0 Å². The summed E-state index contributed by atoms with van der Waals surface area (Å²) in [6.45, 7) is 3.77. The summed E-state index contributed by atoms with van der Waals surface area (Å²) in [5.74, 6) is 1.47. The van der Waals surface area contributed by atoms with E-state index < -0.39 is 0 Å². The maximum absolute atomic E-state index is 5.98. The fraction of sp³-hybridized carbons (Fsp3) is 0.611. The zero-order valence-corrected chi connectivity index (χ0v) is 13.9. The van der Waals surface area contributed by atoms with E-state index in [0.717, 1.165) is 25.3 Å². The lowest BCUT2D eigenvalue weighted by molar-refractivity contribution is 0.301. The summed E-state index contributed by atoms with van der Waals surface area (Å²) in [5.41, 5.74) is 7.47. The van der Waals surface area contributed by atoms with Gasteiger partial charge in [0.15, 0.2) is 5.96 Å². The highest BCUT2D eigenvalue weighted by molar-refractivity contribution is 5.77. The summed E-state index contributed by atoms with van der Waals surface area (Å²) in [5, 5.41) is 3.17. The molecule has 22 heavy (non-hydrogen) atoms. The smallest absolute Gasteiger partial charge is 0.188 e. The van der Waals surface area contributed by atoms with Crippen LogP contribution in [0.25, 0.3) is 0 Å². The summed E-state index contributed by atoms with van der Waals surface area (Å²) in [6.07, 6.45) is 7.28. The number of hydrogen-bond donors (Lipinski definition) is 2. The van der Waals surface area contributed by atoms with Crippen LogP contribution in [0.2, 0.25) is 0 Å². The number of nitrogens with one attached hydrogen (secondary N) is 1. The highest BCUT2D eigenvalue weighted by atomic mass is 16.5. The molecule has 0 bridgehead atoms. The molecule has 0 radical (unpaired) electrons. The van der Waals surface area contributed by atoms with Gasteiger partial charge in [0, 0.05) is 12.0 Å². The van der Waals surface area contributed by atoms with E-state index in [0.29, 0.717) is 5.96 Å². The molecule has 0 amide bonds. The first kappa shape index (κ1) is 16.7. The van der Waals surface area contributed by atoms with Crippen molar-refractivity contribution in [2.24, 2.45) is 10.7 Å². The molecule has 1 fully saturated rings. The van der Waals surface area contributed by atoms with Crippen molar-refractivity contribution in [1.82, 2.24) is 5.32 Å². The van der Waals surface area contributed by atoms with E-state index >= 15 is 0 Å². The SMILES string of the molecule is CCCNC(N)=NCC1(c2ccc(OC)cc2)CCCCC1. The number of methoxy groups -OCH3 is 1. The first-order valence-corrected chi connectivity index (χ1v) is 8.38. The molecule has 1 aromatic rings. The second kappa shape index (κ2) is 8.06. The number of guanidine groups is 1. The molecule has 1 aromatic carbocycles. The molecule has 0 heterocycles. The topological polar surface area (TPSA) is 59.6 Å². The van der Waals surface area contributed by atoms with E-state index in [1.165, 1.54) is 37.7 Å². The van der Waals surface area contributed by atoms with Gasteiger partial charge in [-0.2, -0.15) is 0 Å². The van der Waals surface area contributed by atoms with E-state index in [2.05, 4.69) is 29.4 Å². The quantitative estimate of drug-likeness (QED) is 0.626. The Morgan fingerprint density at radius 3 is 2.50 bits per heavy atom. The zero-order chi connectivity index (χ0) is 15.8. The number of rotatable bonds is 6. The van der Waals surface area contributed by atoms with Crippen LogP contribution in [-0.2, 0) is 5.41 Å². The van der Waals surface area contributed by atoms with Gasteiger partial charge in [0.2, 0.25) is 0 Å². The molecule has 4 nitrogen and oxygen atoms in total. The summed E-state index contributed by atoms with van der Waals surface area (Å²) < 4.78 is 5.27. The zero-order valence-electron chi connectivity index (χ0n) is 13.9. The third-order valence-electron chi connectivity index (χ3n) is 4.62. The van der Waals surface area contributed by atoms with Crippen LogP contribution in [0.5, 0.6) is 5.75 Å². The molecule has 0 spiro atoms. The Balaban J connectivity index is 2.16. The Labute approximate surface area is 134 Å². The fourth-order valence-electron chi connectivity index (χ4n) is 3.26. The van der Waals surface area contributed by atoms with Crippen LogP contribution in [0, 0.1) is 0 Å². The molecule has 4 heteroatoms. The van der Waals surface area contributed by atoms with Crippen molar-refractivity contribution in [3.63, 3.8) is 0 Å². The van der Waals surface area contributed by atoms with Crippen molar-refractivity contribution in [3.8, 4) is 5.75 Å². The minimum atomic E-state index is 0.128. The fourth-order valence-corrected chi connectivity index (χ4v) is 3.26. The molecule has 1 aliphatic rings. The highest BCUT2D eigenvalue weighted by Crippen LogP contribution is 2.40. The highest BCUT2D eigenvalue weighted by Gasteiger charge is 2.33. The number of nitrogens with zero attached hydrogens (tertiary/aromatic N) is 1. The third-order valence-corrected chi connectivity index (χ3v) is 4.62. The molecule has 0 unspecified atom stereocenters. The van der Waals surface area contributed by atoms with Gasteiger partial charge < -0.3 is 15.8 Å². The molecule has 1 saturated carbocycles. The van der Waals surface area contributed by atoms with Gasteiger partial charge in [-0.05, 0) is 37.0 Å². The Bertz CT molecular complexity index is 476. The molecule has 0 aromatic heterocycles. The van der Waals surface area contributed by atoms with Crippen LogP contribution in [0.3, 0.4) is 0 Å². The van der Waals surface area contributed by atoms with Gasteiger partial charge in [-0.1, -0.05) is 38.3 Å². The number of benzene rings is 1.